The number of benzene rings is 3. The fourth-order valence-corrected chi connectivity index (χ4v) is 2.10. The van der Waals surface area contributed by atoms with Gasteiger partial charge in [0.25, 0.3) is 0 Å². The van der Waals surface area contributed by atoms with E-state index < -0.39 is 0 Å². The summed E-state index contributed by atoms with van der Waals surface area (Å²) in [6.45, 7) is 0. The van der Waals surface area contributed by atoms with E-state index in [-0.39, 0.29) is 12.4 Å². The summed E-state index contributed by atoms with van der Waals surface area (Å²) in [5.74, 6) is 0. The van der Waals surface area contributed by atoms with Gasteiger partial charge in [0, 0.05) is 0 Å². The summed E-state index contributed by atoms with van der Waals surface area (Å²) in [4.78, 5) is 3.43. The van der Waals surface area contributed by atoms with Gasteiger partial charge in [-0.25, -0.2) is 0 Å². The molecule has 0 heterocycles. The summed E-state index contributed by atoms with van der Waals surface area (Å²) in [7, 11) is 0. The van der Waals surface area contributed by atoms with Crippen LogP contribution < -0.4 is 12.4 Å². The Morgan fingerprint density at radius 3 is 1.71 bits per heavy atom. The summed E-state index contributed by atoms with van der Waals surface area (Å²) in [6.07, 6.45) is 0. The van der Waals surface area contributed by atoms with Crippen LogP contribution in [-0.4, -0.2) is 0 Å². The number of fused-ring (bicyclic) bond motifs is 2. The average Bonchev–Trinajstić information content (AvgIpc) is 2.36. The van der Waals surface area contributed by atoms with E-state index in [1.165, 1.54) is 0 Å². The first kappa shape index (κ1) is 11.4. The Labute approximate surface area is 105 Å². The van der Waals surface area contributed by atoms with Gasteiger partial charge in [0.1, 0.15) is 0 Å². The Morgan fingerprint density at radius 1 is 0.765 bits per heavy atom. The average molecular weight is 241 g/mol. The minimum absolute atomic E-state index is 0. The SMILES string of the molecule is N#[N+]c1c2ccccc2cc2ccccc12.[Cl-]. The van der Waals surface area contributed by atoms with Gasteiger partial charge in [-0.05, 0) is 29.0 Å². The predicted molar refractivity (Wildman–Crippen MR) is 66.2 cm³/mol. The third-order valence-corrected chi connectivity index (χ3v) is 2.84. The second-order valence-corrected chi connectivity index (χ2v) is 3.77. The van der Waals surface area contributed by atoms with E-state index in [0.717, 1.165) is 21.5 Å². The van der Waals surface area contributed by atoms with E-state index in [9.17, 15) is 0 Å². The standard InChI is InChI=1S/C14H9N2.ClH/c15-16-14-12-7-3-1-5-10(12)9-11-6-2-4-8-13(11)14;/h1-9H;1H/q+1;/p-1. The van der Waals surface area contributed by atoms with Gasteiger partial charge < -0.3 is 12.4 Å². The highest BCUT2D eigenvalue weighted by Gasteiger charge is 2.16. The monoisotopic (exact) mass is 240 g/mol. The Kier molecular flexibility index (Phi) is 2.95. The van der Waals surface area contributed by atoms with Crippen molar-refractivity contribution < 1.29 is 12.4 Å². The van der Waals surface area contributed by atoms with Crippen molar-refractivity contribution in [2.75, 3.05) is 0 Å². The summed E-state index contributed by atoms with van der Waals surface area (Å²) >= 11 is 0. The van der Waals surface area contributed by atoms with Crippen LogP contribution >= 0.6 is 0 Å². The van der Waals surface area contributed by atoms with Crippen LogP contribution in [0.1, 0.15) is 0 Å². The fourth-order valence-electron chi connectivity index (χ4n) is 2.10. The molecular formula is C14H9ClN2. The van der Waals surface area contributed by atoms with E-state index in [1.807, 2.05) is 48.5 Å². The van der Waals surface area contributed by atoms with Crippen LogP contribution in [0.4, 0.5) is 5.69 Å². The van der Waals surface area contributed by atoms with Gasteiger partial charge in [-0.1, -0.05) is 36.4 Å². The quantitative estimate of drug-likeness (QED) is 0.432. The van der Waals surface area contributed by atoms with Crippen molar-refractivity contribution in [3.8, 4) is 0 Å². The van der Waals surface area contributed by atoms with Crippen molar-refractivity contribution in [1.29, 1.82) is 5.39 Å². The number of nitrogens with zero attached hydrogens (tertiary/aromatic N) is 2. The van der Waals surface area contributed by atoms with Crippen LogP contribution in [-0.2, 0) is 0 Å². The van der Waals surface area contributed by atoms with E-state index in [0.29, 0.717) is 5.69 Å². The minimum Gasteiger partial charge on any atom is -1.00 e. The lowest BCUT2D eigenvalue weighted by atomic mass is 10.0. The van der Waals surface area contributed by atoms with Crippen LogP contribution in [0.3, 0.4) is 0 Å². The molecule has 2 nitrogen and oxygen atoms in total. The Bertz CT molecular complexity index is 675. The summed E-state index contributed by atoms with van der Waals surface area (Å²) in [5.41, 5.74) is 0.647. The molecule has 3 rings (SSSR count). The topological polar surface area (TPSA) is 28.1 Å². The van der Waals surface area contributed by atoms with E-state index in [2.05, 4.69) is 11.0 Å². The Morgan fingerprint density at radius 2 is 1.24 bits per heavy atom. The molecule has 0 aliphatic rings. The molecule has 3 aromatic carbocycles. The molecule has 0 aromatic heterocycles. The first-order valence-electron chi connectivity index (χ1n) is 5.16. The normalized spacial score (nSPS) is 9.82. The summed E-state index contributed by atoms with van der Waals surface area (Å²) in [5, 5.41) is 13.3. The highest BCUT2D eigenvalue weighted by atomic mass is 35.5. The molecule has 0 fully saturated rings. The van der Waals surface area contributed by atoms with Gasteiger partial charge in [0.15, 0.2) is 4.98 Å². The van der Waals surface area contributed by atoms with Gasteiger partial charge in [0.05, 0.1) is 10.8 Å². The van der Waals surface area contributed by atoms with Crippen molar-refractivity contribution in [2.24, 2.45) is 0 Å². The molecule has 0 aliphatic heterocycles. The second kappa shape index (κ2) is 4.40. The maximum absolute atomic E-state index is 9.16. The van der Waals surface area contributed by atoms with Crippen molar-refractivity contribution in [1.82, 2.24) is 0 Å². The number of hydrogen-bond acceptors (Lipinski definition) is 1. The molecule has 0 bridgehead atoms. The fraction of sp³-hybridized carbons (Fsp3) is 0. The van der Waals surface area contributed by atoms with Crippen molar-refractivity contribution in [3.63, 3.8) is 0 Å². The molecule has 0 saturated heterocycles. The highest BCUT2D eigenvalue weighted by Crippen LogP contribution is 2.34. The molecule has 0 amide bonds. The lowest BCUT2D eigenvalue weighted by Gasteiger charge is -1.98. The molecule has 17 heavy (non-hydrogen) atoms. The highest BCUT2D eigenvalue weighted by molar-refractivity contribution is 6.11. The van der Waals surface area contributed by atoms with Crippen LogP contribution in [0, 0.1) is 5.39 Å². The molecule has 0 radical (unpaired) electrons. The number of rotatable bonds is 0. The first-order chi connectivity index (χ1) is 7.90. The van der Waals surface area contributed by atoms with Crippen molar-refractivity contribution in [2.45, 2.75) is 0 Å². The molecule has 0 N–H and O–H groups in total. The maximum Gasteiger partial charge on any atom is 0.400 e. The van der Waals surface area contributed by atoms with E-state index in [4.69, 9.17) is 5.39 Å². The zero-order chi connectivity index (χ0) is 11.0. The molecule has 0 spiro atoms. The molecular weight excluding hydrogens is 232 g/mol. The lowest BCUT2D eigenvalue weighted by Crippen LogP contribution is -3.00. The van der Waals surface area contributed by atoms with Gasteiger partial charge in [-0.15, -0.1) is 0 Å². The summed E-state index contributed by atoms with van der Waals surface area (Å²) in [6, 6.07) is 18.0. The molecule has 82 valence electrons. The summed E-state index contributed by atoms with van der Waals surface area (Å²) < 4.78 is 0. The Hall–Kier alpha value is -2.11. The Balaban J connectivity index is 0.00000108. The van der Waals surface area contributed by atoms with Gasteiger partial charge in [-0.3, -0.25) is 0 Å². The number of hydrogen-bond donors (Lipinski definition) is 0. The lowest BCUT2D eigenvalue weighted by molar-refractivity contribution is -0.00000325. The zero-order valence-electron chi connectivity index (χ0n) is 8.97. The second-order valence-electron chi connectivity index (χ2n) is 3.77. The third kappa shape index (κ3) is 1.71. The largest absolute Gasteiger partial charge is 1.00 e. The molecule has 0 aliphatic carbocycles. The van der Waals surface area contributed by atoms with Gasteiger partial charge >= 0.3 is 5.69 Å². The van der Waals surface area contributed by atoms with Crippen molar-refractivity contribution >= 4 is 27.2 Å². The molecule has 0 unspecified atom stereocenters. The minimum atomic E-state index is 0. The molecule has 0 atom stereocenters. The molecule has 0 saturated carbocycles. The predicted octanol–water partition coefficient (Wildman–Crippen LogP) is 1.48. The smallest absolute Gasteiger partial charge is 0.400 e. The maximum atomic E-state index is 9.16. The number of diazo groups is 1. The number of halogens is 1. The van der Waals surface area contributed by atoms with Gasteiger partial charge in [-0.2, -0.15) is 0 Å². The van der Waals surface area contributed by atoms with Crippen LogP contribution in [0.5, 0.6) is 0 Å². The van der Waals surface area contributed by atoms with Crippen molar-refractivity contribution in [3.05, 3.63) is 59.6 Å². The van der Waals surface area contributed by atoms with Gasteiger partial charge in [0.2, 0.25) is 5.39 Å². The van der Waals surface area contributed by atoms with E-state index in [1.54, 1.807) is 0 Å². The third-order valence-electron chi connectivity index (χ3n) is 2.84. The molecule has 3 heteroatoms. The first-order valence-corrected chi connectivity index (χ1v) is 5.16. The van der Waals surface area contributed by atoms with Crippen LogP contribution in [0.25, 0.3) is 26.5 Å². The van der Waals surface area contributed by atoms with Crippen LogP contribution in [0.2, 0.25) is 0 Å². The molecule has 3 aromatic rings. The van der Waals surface area contributed by atoms with Crippen LogP contribution in [0.15, 0.2) is 54.6 Å². The zero-order valence-corrected chi connectivity index (χ0v) is 9.72. The van der Waals surface area contributed by atoms with E-state index >= 15 is 0 Å².